The quantitative estimate of drug-likeness (QED) is 0.897. The summed E-state index contributed by atoms with van der Waals surface area (Å²) in [6.45, 7) is 2.61. The van der Waals surface area contributed by atoms with E-state index in [1.54, 1.807) is 0 Å². The number of carbonyl (C=O) groups excluding carboxylic acids is 1. The van der Waals surface area contributed by atoms with E-state index >= 15 is 0 Å². The van der Waals surface area contributed by atoms with Crippen LogP contribution in [0.25, 0.3) is 0 Å². The van der Waals surface area contributed by atoms with E-state index in [1.165, 1.54) is 18.9 Å². The van der Waals surface area contributed by atoms with Crippen LogP contribution < -0.4 is 10.6 Å². The van der Waals surface area contributed by atoms with Crippen molar-refractivity contribution in [1.29, 1.82) is 0 Å². The Morgan fingerprint density at radius 3 is 2.80 bits per heavy atom. The Labute approximate surface area is 123 Å². The minimum absolute atomic E-state index is 0. The molecule has 2 N–H and O–H groups in total. The van der Waals surface area contributed by atoms with Crippen molar-refractivity contribution in [2.75, 3.05) is 19.6 Å². The highest BCUT2D eigenvalue weighted by Gasteiger charge is 2.14. The first-order valence-corrected chi connectivity index (χ1v) is 6.61. The van der Waals surface area contributed by atoms with Crippen molar-refractivity contribution >= 4 is 18.3 Å². The molecule has 1 aromatic rings. The number of rotatable bonds is 4. The van der Waals surface area contributed by atoms with Crippen molar-refractivity contribution in [2.24, 2.45) is 5.92 Å². The fraction of sp³-hybridized carbons (Fsp3) is 0.500. The number of nitrogens with one attached hydrogen (secondary N) is 2. The van der Waals surface area contributed by atoms with Gasteiger partial charge < -0.3 is 10.6 Å². The Kier molecular flexibility index (Phi) is 6.88. The summed E-state index contributed by atoms with van der Waals surface area (Å²) >= 11 is 0. The molecule has 1 amide bonds. The molecule has 0 radical (unpaired) electrons. The van der Waals surface area contributed by atoms with E-state index in [0.29, 0.717) is 12.5 Å². The largest absolute Gasteiger partial charge is 0.352 e. The molecule has 6 heteroatoms. The lowest BCUT2D eigenvalue weighted by molar-refractivity contribution is 0.0950. The summed E-state index contributed by atoms with van der Waals surface area (Å²) in [6.07, 6.45) is 3.25. The van der Waals surface area contributed by atoms with Gasteiger partial charge in [0, 0.05) is 12.1 Å². The third-order valence-electron chi connectivity index (χ3n) is 3.42. The molecule has 1 heterocycles. The normalized spacial score (nSPS) is 18.2. The van der Waals surface area contributed by atoms with Gasteiger partial charge in [0.2, 0.25) is 0 Å². The fourth-order valence-corrected chi connectivity index (χ4v) is 2.30. The zero-order chi connectivity index (χ0) is 13.7. The maximum Gasteiger partial charge on any atom is 0.251 e. The molecule has 1 aliphatic rings. The van der Waals surface area contributed by atoms with Gasteiger partial charge in [-0.3, -0.25) is 4.79 Å². The zero-order valence-corrected chi connectivity index (χ0v) is 11.9. The molecule has 3 nitrogen and oxygen atoms in total. The van der Waals surface area contributed by atoms with Gasteiger partial charge in [0.15, 0.2) is 11.6 Å². The number of hydrogen-bond donors (Lipinski definition) is 2. The molecule has 112 valence electrons. The summed E-state index contributed by atoms with van der Waals surface area (Å²) in [7, 11) is 0. The van der Waals surface area contributed by atoms with E-state index in [-0.39, 0.29) is 23.9 Å². The lowest BCUT2D eigenvalue weighted by Gasteiger charge is -2.22. The maximum absolute atomic E-state index is 13.0. The van der Waals surface area contributed by atoms with Gasteiger partial charge in [-0.05, 0) is 56.5 Å². The van der Waals surface area contributed by atoms with Crippen molar-refractivity contribution < 1.29 is 13.6 Å². The van der Waals surface area contributed by atoms with Crippen molar-refractivity contribution in [3.63, 3.8) is 0 Å². The van der Waals surface area contributed by atoms with Crippen molar-refractivity contribution in [2.45, 2.75) is 19.3 Å². The predicted octanol–water partition coefficient (Wildman–Crippen LogP) is 2.51. The average Bonchev–Trinajstić information content (AvgIpc) is 2.43. The number of piperidine rings is 1. The number of carbonyl (C=O) groups is 1. The summed E-state index contributed by atoms with van der Waals surface area (Å²) < 4.78 is 25.7. The number of amides is 1. The van der Waals surface area contributed by atoms with E-state index < -0.39 is 11.6 Å². The van der Waals surface area contributed by atoms with Crippen molar-refractivity contribution in [3.8, 4) is 0 Å². The monoisotopic (exact) mass is 304 g/mol. The third kappa shape index (κ3) is 4.72. The molecule has 1 atom stereocenters. The summed E-state index contributed by atoms with van der Waals surface area (Å²) in [4.78, 5) is 11.7. The van der Waals surface area contributed by atoms with Gasteiger partial charge in [0.1, 0.15) is 0 Å². The molecule has 0 bridgehead atoms. The van der Waals surface area contributed by atoms with Crippen LogP contribution >= 0.6 is 12.4 Å². The minimum atomic E-state index is -0.996. The number of halogens is 3. The summed E-state index contributed by atoms with van der Waals surface area (Å²) in [5, 5.41) is 6.05. The van der Waals surface area contributed by atoms with Gasteiger partial charge >= 0.3 is 0 Å². The second-order valence-corrected chi connectivity index (χ2v) is 4.89. The lowest BCUT2D eigenvalue weighted by atomic mass is 9.96. The number of hydrogen-bond acceptors (Lipinski definition) is 2. The molecule has 1 aromatic carbocycles. The van der Waals surface area contributed by atoms with E-state index in [1.807, 2.05) is 0 Å². The van der Waals surface area contributed by atoms with Crippen LogP contribution in [0.4, 0.5) is 8.78 Å². The highest BCUT2D eigenvalue weighted by atomic mass is 35.5. The van der Waals surface area contributed by atoms with Gasteiger partial charge in [-0.15, -0.1) is 12.4 Å². The Morgan fingerprint density at radius 2 is 2.15 bits per heavy atom. The molecule has 0 spiro atoms. The Balaban J connectivity index is 0.00000200. The van der Waals surface area contributed by atoms with Gasteiger partial charge in [0.25, 0.3) is 5.91 Å². The zero-order valence-electron chi connectivity index (χ0n) is 11.1. The molecular formula is C14H19ClF2N2O. The van der Waals surface area contributed by atoms with Crippen molar-refractivity contribution in [1.82, 2.24) is 10.6 Å². The van der Waals surface area contributed by atoms with E-state index in [2.05, 4.69) is 10.6 Å². The Hall–Kier alpha value is -1.20. The van der Waals surface area contributed by atoms with E-state index in [9.17, 15) is 13.6 Å². The highest BCUT2D eigenvalue weighted by molar-refractivity contribution is 5.94. The van der Waals surface area contributed by atoms with Crippen LogP contribution in [0.15, 0.2) is 18.2 Å². The third-order valence-corrected chi connectivity index (χ3v) is 3.42. The second-order valence-electron chi connectivity index (χ2n) is 4.89. The van der Waals surface area contributed by atoms with Crippen LogP contribution in [0, 0.1) is 17.6 Å². The molecule has 0 aliphatic carbocycles. The molecule has 0 aromatic heterocycles. The van der Waals surface area contributed by atoms with Crippen LogP contribution in [0.5, 0.6) is 0 Å². The highest BCUT2D eigenvalue weighted by Crippen LogP contribution is 2.13. The summed E-state index contributed by atoms with van der Waals surface area (Å²) in [6, 6.07) is 3.18. The van der Waals surface area contributed by atoms with Crippen LogP contribution in [-0.2, 0) is 0 Å². The van der Waals surface area contributed by atoms with Crippen LogP contribution in [0.2, 0.25) is 0 Å². The Bertz CT molecular complexity index is 451. The smallest absolute Gasteiger partial charge is 0.251 e. The maximum atomic E-state index is 13.0. The lowest BCUT2D eigenvalue weighted by Crippen LogP contribution is -2.33. The first-order valence-electron chi connectivity index (χ1n) is 6.61. The minimum Gasteiger partial charge on any atom is -0.352 e. The summed E-state index contributed by atoms with van der Waals surface area (Å²) in [5.41, 5.74) is 0.153. The molecule has 1 unspecified atom stereocenters. The van der Waals surface area contributed by atoms with E-state index in [0.717, 1.165) is 31.6 Å². The molecule has 1 aliphatic heterocycles. The van der Waals surface area contributed by atoms with Gasteiger partial charge in [-0.1, -0.05) is 0 Å². The fourth-order valence-electron chi connectivity index (χ4n) is 2.30. The molecular weight excluding hydrogens is 286 g/mol. The van der Waals surface area contributed by atoms with Crippen LogP contribution in [0.3, 0.4) is 0 Å². The second kappa shape index (κ2) is 8.17. The first kappa shape index (κ1) is 16.9. The number of benzene rings is 1. The van der Waals surface area contributed by atoms with Gasteiger partial charge in [-0.25, -0.2) is 8.78 Å². The SMILES string of the molecule is Cl.O=C(NCCC1CCCNC1)c1ccc(F)c(F)c1. The topological polar surface area (TPSA) is 41.1 Å². The van der Waals surface area contributed by atoms with E-state index in [4.69, 9.17) is 0 Å². The average molecular weight is 305 g/mol. The molecule has 2 rings (SSSR count). The predicted molar refractivity (Wildman–Crippen MR) is 76.1 cm³/mol. The molecule has 1 saturated heterocycles. The van der Waals surface area contributed by atoms with Gasteiger partial charge in [0.05, 0.1) is 0 Å². The Morgan fingerprint density at radius 1 is 1.35 bits per heavy atom. The first-order chi connectivity index (χ1) is 9.16. The molecule has 0 saturated carbocycles. The van der Waals surface area contributed by atoms with Gasteiger partial charge in [-0.2, -0.15) is 0 Å². The standard InChI is InChI=1S/C14H18F2N2O.ClH/c15-12-4-3-11(8-13(12)16)14(19)18-7-5-10-2-1-6-17-9-10;/h3-4,8,10,17H,1-2,5-7,9H2,(H,18,19);1H. The molecule has 1 fully saturated rings. The van der Waals surface area contributed by atoms with Crippen LogP contribution in [-0.4, -0.2) is 25.5 Å². The molecule has 20 heavy (non-hydrogen) atoms. The summed E-state index contributed by atoms with van der Waals surface area (Å²) in [5.74, 6) is -1.71. The van der Waals surface area contributed by atoms with Crippen LogP contribution in [0.1, 0.15) is 29.6 Å². The van der Waals surface area contributed by atoms with Crippen molar-refractivity contribution in [3.05, 3.63) is 35.4 Å².